The summed E-state index contributed by atoms with van der Waals surface area (Å²) in [6.45, 7) is 1.51. The lowest BCUT2D eigenvalue weighted by atomic mass is 11.0. The second-order valence-electron chi connectivity index (χ2n) is 1.02. The van der Waals surface area contributed by atoms with Crippen molar-refractivity contribution in [3.63, 3.8) is 0 Å². The van der Waals surface area contributed by atoms with Crippen molar-refractivity contribution >= 4 is 7.52 Å². The van der Waals surface area contributed by atoms with Crippen LogP contribution in [0.5, 0.6) is 0 Å². The molecule has 0 aliphatic heterocycles. The molecule has 37 valence electrons. The average Bonchev–Trinajstić information content (AvgIpc) is 1.35. The molecule has 4 heteroatoms. The van der Waals surface area contributed by atoms with Crippen molar-refractivity contribution in [2.45, 2.75) is 6.92 Å². The normalized spacial score (nSPS) is 19.8. The summed E-state index contributed by atoms with van der Waals surface area (Å²) in [5.74, 6) is 0. The highest BCUT2D eigenvalue weighted by molar-refractivity contribution is 7.54. The van der Waals surface area contributed by atoms with Gasteiger partial charge in [-0.05, 0) is 0 Å². The first kappa shape index (κ1) is 6.15. The molecule has 2 N–H and O–H groups in total. The van der Waals surface area contributed by atoms with Crippen molar-refractivity contribution in [2.24, 2.45) is 0 Å². The van der Waals surface area contributed by atoms with Crippen LogP contribution in [0.15, 0.2) is 0 Å². The first-order valence-electron chi connectivity index (χ1n) is 1.63. The van der Waals surface area contributed by atoms with Gasteiger partial charge < -0.3 is 4.89 Å². The summed E-state index contributed by atoms with van der Waals surface area (Å²) >= 11 is 0. The molecule has 0 rings (SSSR count). The first-order valence-corrected chi connectivity index (χ1v) is 3.47. The predicted octanol–water partition coefficient (Wildman–Crippen LogP) is 0.475. The zero-order chi connectivity index (χ0) is 5.21. The van der Waals surface area contributed by atoms with Gasteiger partial charge in [-0.2, -0.15) is 5.50 Å². The predicted molar refractivity (Wildman–Crippen MR) is 23.5 cm³/mol. The van der Waals surface area contributed by atoms with Crippen LogP contribution in [0.25, 0.3) is 0 Å². The van der Waals surface area contributed by atoms with Crippen molar-refractivity contribution in [1.29, 1.82) is 0 Å². The molecule has 0 saturated heterocycles. The fourth-order valence-corrected chi connectivity index (χ4v) is 0. The molecule has 1 radical (unpaired) electrons. The quantitative estimate of drug-likeness (QED) is 0.496. The Morgan fingerprint density at radius 1 is 2.00 bits per heavy atom. The lowest BCUT2D eigenvalue weighted by Gasteiger charge is -1.92. The lowest BCUT2D eigenvalue weighted by molar-refractivity contribution is 0.479. The van der Waals surface area contributed by atoms with Gasteiger partial charge in [0.1, 0.15) is 0 Å². The molecule has 0 aliphatic carbocycles. The minimum atomic E-state index is -3.40. The first-order chi connectivity index (χ1) is 2.56. The Kier molecular flexibility index (Phi) is 1.78. The second-order valence-corrected chi connectivity index (χ2v) is 3.05. The summed E-state index contributed by atoms with van der Waals surface area (Å²) < 4.78 is 9.81. The van der Waals surface area contributed by atoms with Crippen LogP contribution in [0.2, 0.25) is 0 Å². The van der Waals surface area contributed by atoms with E-state index in [1.54, 1.807) is 0 Å². The summed E-state index contributed by atoms with van der Waals surface area (Å²) in [6, 6.07) is 0. The third kappa shape index (κ3) is 4.15. The van der Waals surface area contributed by atoms with Gasteiger partial charge in [-0.3, -0.25) is 4.57 Å². The number of nitrogens with one attached hydrogen (secondary N) is 1. The number of rotatable bonds is 1. The van der Waals surface area contributed by atoms with E-state index in [0.29, 0.717) is 0 Å². The third-order valence-corrected chi connectivity index (χ3v) is 1.29. The van der Waals surface area contributed by atoms with Gasteiger partial charge in [0.25, 0.3) is 7.52 Å². The molecule has 0 aromatic carbocycles. The van der Waals surface area contributed by atoms with E-state index >= 15 is 0 Å². The highest BCUT2D eigenvalue weighted by atomic mass is 31.2. The van der Waals surface area contributed by atoms with Gasteiger partial charge in [0, 0.05) is 6.16 Å². The minimum absolute atomic E-state index is 0.0486. The summed E-state index contributed by atoms with van der Waals surface area (Å²) in [5, 5.41) is 0. The van der Waals surface area contributed by atoms with Crippen LogP contribution in [0.3, 0.4) is 0 Å². The molecule has 1 atom stereocenters. The molecule has 0 aromatic heterocycles. The second kappa shape index (κ2) is 1.73. The van der Waals surface area contributed by atoms with Gasteiger partial charge in [-0.15, -0.1) is 0 Å². The zero-order valence-electron chi connectivity index (χ0n) is 3.51. The van der Waals surface area contributed by atoms with E-state index in [2.05, 4.69) is 0 Å². The van der Waals surface area contributed by atoms with Gasteiger partial charge in [0.2, 0.25) is 0 Å². The fourth-order valence-electron chi connectivity index (χ4n) is 0. The Labute approximate surface area is 36.7 Å². The standard InChI is InChI=1S/C2H7NO2P/c1-2-6(3,4)5/h3H,2H2,1H3,(H,4,5). The molecule has 0 amide bonds. The molecule has 0 aromatic rings. The Morgan fingerprint density at radius 3 is 2.17 bits per heavy atom. The SMILES string of the molecule is CCP([NH])(=O)O. The molecule has 0 heterocycles. The monoisotopic (exact) mass is 108 g/mol. The Morgan fingerprint density at radius 2 is 2.17 bits per heavy atom. The molecule has 0 aliphatic rings. The van der Waals surface area contributed by atoms with Crippen LogP contribution >= 0.6 is 7.52 Å². The molecule has 0 spiro atoms. The van der Waals surface area contributed by atoms with E-state index in [0.717, 1.165) is 0 Å². The van der Waals surface area contributed by atoms with Crippen LogP contribution in [-0.2, 0) is 4.57 Å². The van der Waals surface area contributed by atoms with E-state index in [1.165, 1.54) is 6.92 Å². The average molecular weight is 108 g/mol. The molecule has 1 unspecified atom stereocenters. The largest absolute Gasteiger partial charge is 0.333 e. The van der Waals surface area contributed by atoms with E-state index in [1.807, 2.05) is 0 Å². The Hall–Kier alpha value is 0.150. The number of hydrogen-bond acceptors (Lipinski definition) is 1. The molecule has 0 fully saturated rings. The molecule has 0 bridgehead atoms. The van der Waals surface area contributed by atoms with E-state index < -0.39 is 7.52 Å². The maximum absolute atomic E-state index is 9.81. The fraction of sp³-hybridized carbons (Fsp3) is 1.00. The van der Waals surface area contributed by atoms with Gasteiger partial charge in [0.15, 0.2) is 0 Å². The lowest BCUT2D eigenvalue weighted by Crippen LogP contribution is -1.79. The summed E-state index contributed by atoms with van der Waals surface area (Å²) in [5.41, 5.74) is 6.29. The van der Waals surface area contributed by atoms with E-state index in [9.17, 15) is 4.57 Å². The topological polar surface area (TPSA) is 61.1 Å². The molecule has 3 nitrogen and oxygen atoms in total. The molecule has 6 heavy (non-hydrogen) atoms. The van der Waals surface area contributed by atoms with Crippen molar-refractivity contribution in [3.05, 3.63) is 0 Å². The third-order valence-electron chi connectivity index (χ3n) is 0.429. The van der Waals surface area contributed by atoms with Crippen LogP contribution < -0.4 is 5.50 Å². The van der Waals surface area contributed by atoms with Crippen LogP contribution in [-0.4, -0.2) is 11.1 Å². The van der Waals surface area contributed by atoms with Gasteiger partial charge in [0.05, 0.1) is 0 Å². The summed E-state index contributed by atoms with van der Waals surface area (Å²) in [6.07, 6.45) is 0.0486. The maximum atomic E-state index is 9.81. The number of hydrogen-bond donors (Lipinski definition) is 1. The smallest absolute Gasteiger partial charge is 0.280 e. The van der Waals surface area contributed by atoms with Crippen molar-refractivity contribution < 1.29 is 9.46 Å². The van der Waals surface area contributed by atoms with Gasteiger partial charge in [-0.1, -0.05) is 6.92 Å². The highest BCUT2D eigenvalue weighted by Gasteiger charge is 2.03. The Balaban J connectivity index is 3.48. The molecular weight excluding hydrogens is 101 g/mol. The Bertz CT molecular complexity index is 75.6. The molecular formula is C2H7NO2P. The van der Waals surface area contributed by atoms with Gasteiger partial charge in [-0.25, -0.2) is 0 Å². The van der Waals surface area contributed by atoms with Crippen LogP contribution in [0.4, 0.5) is 0 Å². The van der Waals surface area contributed by atoms with E-state index in [-0.39, 0.29) is 6.16 Å². The zero-order valence-corrected chi connectivity index (χ0v) is 4.40. The van der Waals surface area contributed by atoms with Crippen LogP contribution in [0.1, 0.15) is 6.92 Å². The van der Waals surface area contributed by atoms with Crippen molar-refractivity contribution in [2.75, 3.05) is 6.16 Å². The minimum Gasteiger partial charge on any atom is -0.333 e. The molecule has 0 saturated carbocycles. The maximum Gasteiger partial charge on any atom is 0.280 e. The van der Waals surface area contributed by atoms with Gasteiger partial charge >= 0.3 is 0 Å². The summed E-state index contributed by atoms with van der Waals surface area (Å²) in [4.78, 5) is 8.05. The van der Waals surface area contributed by atoms with Crippen molar-refractivity contribution in [3.8, 4) is 0 Å². The van der Waals surface area contributed by atoms with Crippen molar-refractivity contribution in [1.82, 2.24) is 5.50 Å². The highest BCUT2D eigenvalue weighted by Crippen LogP contribution is 2.30. The van der Waals surface area contributed by atoms with Crippen LogP contribution in [0, 0.1) is 0 Å². The van der Waals surface area contributed by atoms with E-state index in [4.69, 9.17) is 10.4 Å². The summed E-state index contributed by atoms with van der Waals surface area (Å²) in [7, 11) is -3.40.